The molecule has 1 aliphatic rings. The number of methoxy groups -OCH3 is 2. The maximum absolute atomic E-state index is 13.1. The van der Waals surface area contributed by atoms with Crippen molar-refractivity contribution in [3.63, 3.8) is 0 Å². The van der Waals surface area contributed by atoms with Crippen LogP contribution in [0.15, 0.2) is 95.9 Å². The lowest BCUT2D eigenvalue weighted by Crippen LogP contribution is -2.38. The second kappa shape index (κ2) is 14.7. The topological polar surface area (TPSA) is 121 Å². The highest BCUT2D eigenvalue weighted by Crippen LogP contribution is 2.44. The van der Waals surface area contributed by atoms with E-state index in [9.17, 15) is 14.7 Å². The Bertz CT molecular complexity index is 1590. The molecule has 46 heavy (non-hydrogen) atoms. The van der Waals surface area contributed by atoms with Gasteiger partial charge in [-0.15, -0.1) is 0 Å². The number of benzene rings is 3. The zero-order valence-corrected chi connectivity index (χ0v) is 26.6. The van der Waals surface area contributed by atoms with E-state index < -0.39 is 29.7 Å². The highest BCUT2D eigenvalue weighted by Gasteiger charge is 2.47. The van der Waals surface area contributed by atoms with Crippen LogP contribution in [0.1, 0.15) is 56.0 Å². The summed E-state index contributed by atoms with van der Waals surface area (Å²) in [4.78, 5) is 28.6. The first-order chi connectivity index (χ1) is 22.3. The van der Waals surface area contributed by atoms with Gasteiger partial charge in [-0.1, -0.05) is 74.4 Å². The van der Waals surface area contributed by atoms with E-state index in [-0.39, 0.29) is 24.2 Å². The van der Waals surface area contributed by atoms with E-state index >= 15 is 0 Å². The van der Waals surface area contributed by atoms with E-state index in [0.717, 1.165) is 29.5 Å². The summed E-state index contributed by atoms with van der Waals surface area (Å²) in [6.45, 7) is 3.44. The molecule has 5 rings (SSSR count). The van der Waals surface area contributed by atoms with Crippen LogP contribution in [0.5, 0.6) is 11.5 Å². The van der Waals surface area contributed by atoms with Crippen LogP contribution < -0.4 is 20.5 Å². The van der Waals surface area contributed by atoms with Crippen molar-refractivity contribution in [3.05, 3.63) is 118 Å². The Morgan fingerprint density at radius 3 is 2.04 bits per heavy atom. The fourth-order valence-corrected chi connectivity index (χ4v) is 6.11. The molecule has 0 saturated carbocycles. The quantitative estimate of drug-likeness (QED) is 0.192. The predicted octanol–water partition coefficient (Wildman–Crippen LogP) is 5.29. The van der Waals surface area contributed by atoms with Crippen LogP contribution in [0.25, 0.3) is 0 Å². The zero-order chi connectivity index (χ0) is 32.7. The third-order valence-electron chi connectivity index (χ3n) is 8.44. The molecule has 1 aromatic heterocycles. The summed E-state index contributed by atoms with van der Waals surface area (Å²) in [5, 5.41) is 14.2. The molecule has 10 nitrogen and oxygen atoms in total. The number of ether oxygens (including phenoxy) is 4. The van der Waals surface area contributed by atoms with Gasteiger partial charge in [0.05, 0.1) is 26.9 Å². The monoisotopic (exact) mass is 627 g/mol. The summed E-state index contributed by atoms with van der Waals surface area (Å²) < 4.78 is 25.7. The molecular weight excluding hydrogens is 586 g/mol. The van der Waals surface area contributed by atoms with E-state index in [1.807, 2.05) is 78.9 Å². The van der Waals surface area contributed by atoms with Gasteiger partial charge in [0, 0.05) is 19.0 Å². The van der Waals surface area contributed by atoms with E-state index in [4.69, 9.17) is 18.9 Å². The average molecular weight is 628 g/mol. The fourth-order valence-electron chi connectivity index (χ4n) is 6.11. The number of unbranched alkanes of at least 4 members (excludes halogenated alkanes) is 1. The molecule has 0 aliphatic carbocycles. The van der Waals surface area contributed by atoms with Gasteiger partial charge in [0.1, 0.15) is 35.2 Å². The van der Waals surface area contributed by atoms with Gasteiger partial charge >= 0.3 is 5.69 Å². The summed E-state index contributed by atoms with van der Waals surface area (Å²) in [7, 11) is 3.25. The van der Waals surface area contributed by atoms with Gasteiger partial charge in [0.25, 0.3) is 0 Å². The summed E-state index contributed by atoms with van der Waals surface area (Å²) in [6.07, 6.45) is 1.50. The maximum atomic E-state index is 13.1. The van der Waals surface area contributed by atoms with Crippen molar-refractivity contribution in [1.29, 1.82) is 0 Å². The number of amides is 1. The number of carbonyl (C=O) groups excluding carboxylic acids is 1. The van der Waals surface area contributed by atoms with Gasteiger partial charge in [0.2, 0.25) is 5.91 Å². The first-order valence-corrected chi connectivity index (χ1v) is 15.5. The first kappa shape index (κ1) is 32.9. The van der Waals surface area contributed by atoms with Crippen LogP contribution in [0.3, 0.4) is 0 Å². The van der Waals surface area contributed by atoms with Crippen molar-refractivity contribution >= 4 is 11.7 Å². The second-order valence-corrected chi connectivity index (χ2v) is 11.4. The molecule has 2 N–H and O–H groups in total. The number of aromatic nitrogens is 2. The Kier molecular flexibility index (Phi) is 10.5. The molecule has 0 spiro atoms. The number of nitrogens with zero attached hydrogens (tertiary/aromatic N) is 2. The normalized spacial score (nSPS) is 19.5. The Morgan fingerprint density at radius 1 is 0.935 bits per heavy atom. The third-order valence-corrected chi connectivity index (χ3v) is 8.44. The number of rotatable bonds is 13. The molecule has 4 aromatic rings. The number of carbonyl (C=O) groups is 1. The number of aliphatic hydroxyl groups excluding tert-OH is 1. The summed E-state index contributed by atoms with van der Waals surface area (Å²) >= 11 is 0. The molecule has 0 bridgehead atoms. The van der Waals surface area contributed by atoms with E-state index in [2.05, 4.69) is 17.2 Å². The van der Waals surface area contributed by atoms with E-state index in [1.54, 1.807) is 26.5 Å². The number of nitrogens with one attached hydrogen (secondary N) is 1. The number of hydrogen-bond acceptors (Lipinski definition) is 8. The highest BCUT2D eigenvalue weighted by molar-refractivity contribution is 5.87. The van der Waals surface area contributed by atoms with Crippen LogP contribution in [0.2, 0.25) is 0 Å². The van der Waals surface area contributed by atoms with Gasteiger partial charge in [-0.3, -0.25) is 9.36 Å². The molecular formula is C36H41N3O7. The van der Waals surface area contributed by atoms with Gasteiger partial charge in [-0.2, -0.15) is 4.98 Å². The largest absolute Gasteiger partial charge is 0.497 e. The van der Waals surface area contributed by atoms with Crippen molar-refractivity contribution in [3.8, 4) is 11.5 Å². The van der Waals surface area contributed by atoms with Crippen LogP contribution in [0.4, 0.5) is 5.82 Å². The Morgan fingerprint density at radius 2 is 1.52 bits per heavy atom. The summed E-state index contributed by atoms with van der Waals surface area (Å²) in [5.74, 6) is 0.864. The smallest absolute Gasteiger partial charge is 0.351 e. The van der Waals surface area contributed by atoms with Crippen LogP contribution in [0, 0.1) is 5.92 Å². The maximum Gasteiger partial charge on any atom is 0.351 e. The molecule has 1 amide bonds. The van der Waals surface area contributed by atoms with Crippen molar-refractivity contribution < 1.29 is 28.8 Å². The van der Waals surface area contributed by atoms with Crippen LogP contribution >= 0.6 is 0 Å². The van der Waals surface area contributed by atoms with Crippen molar-refractivity contribution in [2.75, 3.05) is 26.1 Å². The average Bonchev–Trinajstić information content (AvgIpc) is 3.39. The second-order valence-electron chi connectivity index (χ2n) is 11.4. The molecule has 1 aliphatic heterocycles. The van der Waals surface area contributed by atoms with Crippen molar-refractivity contribution in [2.24, 2.45) is 5.92 Å². The fraction of sp³-hybridized carbons (Fsp3) is 0.361. The van der Waals surface area contributed by atoms with Gasteiger partial charge in [0.15, 0.2) is 0 Å². The van der Waals surface area contributed by atoms with Gasteiger partial charge < -0.3 is 29.4 Å². The molecule has 4 atom stereocenters. The lowest BCUT2D eigenvalue weighted by molar-refractivity contribution is -0.114. The number of hydrogen-bond donors (Lipinski definition) is 2. The Balaban J connectivity index is 1.54. The molecule has 10 heteroatoms. The van der Waals surface area contributed by atoms with Crippen LogP contribution in [-0.2, 0) is 19.9 Å². The summed E-state index contributed by atoms with van der Waals surface area (Å²) in [6, 6.07) is 26.9. The zero-order valence-electron chi connectivity index (χ0n) is 26.6. The van der Waals surface area contributed by atoms with Gasteiger partial charge in [-0.25, -0.2) is 4.79 Å². The van der Waals surface area contributed by atoms with Crippen molar-refractivity contribution in [1.82, 2.24) is 9.55 Å². The number of aliphatic hydroxyl groups is 1. The van der Waals surface area contributed by atoms with Gasteiger partial charge in [-0.05, 0) is 53.4 Å². The molecule has 242 valence electrons. The Labute approximate surface area is 268 Å². The van der Waals surface area contributed by atoms with Crippen LogP contribution in [-0.4, -0.2) is 53.6 Å². The minimum Gasteiger partial charge on any atom is -0.497 e. The Hall–Kier alpha value is -4.51. The lowest BCUT2D eigenvalue weighted by Gasteiger charge is -2.37. The molecule has 2 heterocycles. The molecule has 3 aromatic carbocycles. The minimum absolute atomic E-state index is 0.0133. The van der Waals surface area contributed by atoms with Crippen molar-refractivity contribution in [2.45, 2.75) is 57.1 Å². The highest BCUT2D eigenvalue weighted by atomic mass is 16.6. The SMILES string of the molecule is CCCC[C@@H]1[C@H](O)[C@@H](COC(c2ccccc2)(c2ccc(OC)cc2)c2ccc(OC)cc2)O[C@H]1n1ccc(NC(C)=O)nc1=O. The first-order valence-electron chi connectivity index (χ1n) is 15.5. The summed E-state index contributed by atoms with van der Waals surface area (Å²) in [5.41, 5.74) is 0.904. The minimum atomic E-state index is -1.10. The third kappa shape index (κ3) is 6.84. The standard InChI is InChI=1S/C36H41N3O7/c1-5-6-12-30-33(41)31(46-34(30)39-22-21-32(37-24(2)40)38-35(39)42)23-45-36(25-10-8-7-9-11-25,26-13-17-28(43-3)18-14-26)27-15-19-29(44-4)20-16-27/h7-11,13-22,30-31,33-34,41H,5-6,12,23H2,1-4H3,(H,37,38,40,42)/t30-,31-,33+,34-/m1/s1. The van der Waals surface area contributed by atoms with E-state index in [0.29, 0.717) is 17.9 Å². The lowest BCUT2D eigenvalue weighted by atomic mass is 9.80. The molecule has 1 saturated heterocycles. The molecule has 1 fully saturated rings. The molecule has 0 unspecified atom stereocenters. The number of anilines is 1. The van der Waals surface area contributed by atoms with E-state index in [1.165, 1.54) is 11.5 Å². The predicted molar refractivity (Wildman–Crippen MR) is 174 cm³/mol. The molecule has 0 radical (unpaired) electrons.